The van der Waals surface area contributed by atoms with Crippen molar-refractivity contribution in [1.29, 1.82) is 0 Å². The Labute approximate surface area is 173 Å². The average molecular weight is 398 g/mol. The lowest BCUT2D eigenvalue weighted by atomic mass is 9.90. The number of aryl methyl sites for hydroxylation is 3. The normalized spacial score (nSPS) is 15.0. The second-order valence-electron chi connectivity index (χ2n) is 7.74. The molecule has 0 atom stereocenters. The number of piperidine rings is 1. The van der Waals surface area contributed by atoms with Crippen LogP contribution in [0.2, 0.25) is 0 Å². The molecule has 1 aliphatic rings. The van der Waals surface area contributed by atoms with Crippen molar-refractivity contribution in [3.05, 3.63) is 58.2 Å². The lowest BCUT2D eigenvalue weighted by molar-refractivity contribution is 0.0604. The molecule has 0 N–H and O–H groups in total. The molecule has 2 heterocycles. The molecule has 3 rings (SSSR count). The number of rotatable bonds is 7. The second kappa shape index (κ2) is 9.94. The number of methoxy groups -OCH3 is 1. The fourth-order valence-corrected chi connectivity index (χ4v) is 3.71. The highest BCUT2D eigenvalue weighted by atomic mass is 16.5. The zero-order chi connectivity index (χ0) is 20.8. The maximum Gasteiger partial charge on any atom is 0.253 e. The standard InChI is InChI=1S/C23H31N3O3/c1-16-5-6-20(13-17(16)2)23(27)26-9-7-19(8-10-26)22-21(14-24-18(3)25-22)15-29-12-11-28-4/h5-6,13-14,19H,7-12,15H2,1-4H3. The molecule has 0 spiro atoms. The van der Waals surface area contributed by atoms with Gasteiger partial charge in [0.2, 0.25) is 0 Å². The molecule has 0 bridgehead atoms. The highest BCUT2D eigenvalue weighted by molar-refractivity contribution is 5.94. The fraction of sp³-hybridized carbons (Fsp3) is 0.522. The summed E-state index contributed by atoms with van der Waals surface area (Å²) in [6.45, 7) is 9.11. The molecule has 1 amide bonds. The summed E-state index contributed by atoms with van der Waals surface area (Å²) in [5, 5.41) is 0. The summed E-state index contributed by atoms with van der Waals surface area (Å²) in [7, 11) is 1.66. The van der Waals surface area contributed by atoms with Crippen LogP contribution in [0.3, 0.4) is 0 Å². The van der Waals surface area contributed by atoms with Gasteiger partial charge in [-0.15, -0.1) is 0 Å². The number of nitrogens with zero attached hydrogens (tertiary/aromatic N) is 3. The molecular formula is C23H31N3O3. The van der Waals surface area contributed by atoms with Gasteiger partial charge in [0.1, 0.15) is 5.82 Å². The maximum absolute atomic E-state index is 12.9. The Morgan fingerprint density at radius 3 is 2.59 bits per heavy atom. The van der Waals surface area contributed by atoms with Crippen LogP contribution < -0.4 is 0 Å². The second-order valence-corrected chi connectivity index (χ2v) is 7.74. The Kier molecular flexibility index (Phi) is 7.34. The summed E-state index contributed by atoms with van der Waals surface area (Å²) in [6.07, 6.45) is 3.67. The van der Waals surface area contributed by atoms with E-state index in [0.29, 0.717) is 25.7 Å². The Morgan fingerprint density at radius 2 is 1.90 bits per heavy atom. The van der Waals surface area contributed by atoms with Gasteiger partial charge in [-0.2, -0.15) is 0 Å². The number of hydrogen-bond donors (Lipinski definition) is 0. The lowest BCUT2D eigenvalue weighted by Gasteiger charge is -2.32. The number of benzene rings is 1. The SMILES string of the molecule is COCCOCc1cnc(C)nc1C1CCN(C(=O)c2ccc(C)c(C)c2)CC1. The summed E-state index contributed by atoms with van der Waals surface area (Å²) in [5.41, 5.74) is 5.23. The molecule has 6 heteroatoms. The van der Waals surface area contributed by atoms with Crippen molar-refractivity contribution >= 4 is 5.91 Å². The van der Waals surface area contributed by atoms with Crippen molar-refractivity contribution < 1.29 is 14.3 Å². The summed E-state index contributed by atoms with van der Waals surface area (Å²) in [6, 6.07) is 5.95. The van der Waals surface area contributed by atoms with E-state index < -0.39 is 0 Å². The van der Waals surface area contributed by atoms with Crippen LogP contribution in [0.15, 0.2) is 24.4 Å². The van der Waals surface area contributed by atoms with Gasteiger partial charge in [0.25, 0.3) is 5.91 Å². The van der Waals surface area contributed by atoms with Crippen molar-refractivity contribution in [3.8, 4) is 0 Å². The first kappa shape index (κ1) is 21.4. The van der Waals surface area contributed by atoms with Crippen LogP contribution in [0, 0.1) is 20.8 Å². The zero-order valence-electron chi connectivity index (χ0n) is 17.9. The molecule has 156 valence electrons. The lowest BCUT2D eigenvalue weighted by Crippen LogP contribution is -2.38. The van der Waals surface area contributed by atoms with Crippen LogP contribution in [0.4, 0.5) is 0 Å². The molecule has 0 saturated carbocycles. The third-order valence-electron chi connectivity index (χ3n) is 5.63. The first-order valence-electron chi connectivity index (χ1n) is 10.2. The zero-order valence-corrected chi connectivity index (χ0v) is 17.9. The predicted molar refractivity (Wildman–Crippen MR) is 112 cm³/mol. The molecule has 0 radical (unpaired) electrons. The van der Waals surface area contributed by atoms with E-state index in [4.69, 9.17) is 14.5 Å². The van der Waals surface area contributed by atoms with Gasteiger partial charge in [0, 0.05) is 43.4 Å². The van der Waals surface area contributed by atoms with Gasteiger partial charge in [-0.25, -0.2) is 9.97 Å². The summed E-state index contributed by atoms with van der Waals surface area (Å²) >= 11 is 0. The molecule has 0 unspecified atom stereocenters. The third kappa shape index (κ3) is 5.40. The third-order valence-corrected chi connectivity index (χ3v) is 5.63. The number of amides is 1. The largest absolute Gasteiger partial charge is 0.382 e. The van der Waals surface area contributed by atoms with E-state index in [1.807, 2.05) is 43.1 Å². The van der Waals surface area contributed by atoms with Crippen molar-refractivity contribution in [1.82, 2.24) is 14.9 Å². The monoisotopic (exact) mass is 397 g/mol. The van der Waals surface area contributed by atoms with Crippen molar-refractivity contribution in [2.45, 2.75) is 46.1 Å². The summed E-state index contributed by atoms with van der Waals surface area (Å²) in [4.78, 5) is 23.9. The van der Waals surface area contributed by atoms with Gasteiger partial charge >= 0.3 is 0 Å². The van der Waals surface area contributed by atoms with Crippen LogP contribution in [0.5, 0.6) is 0 Å². The first-order chi connectivity index (χ1) is 14.0. The minimum Gasteiger partial charge on any atom is -0.382 e. The van der Waals surface area contributed by atoms with Gasteiger partial charge in [0.15, 0.2) is 0 Å². The molecule has 1 aliphatic heterocycles. The van der Waals surface area contributed by atoms with Crippen LogP contribution in [-0.4, -0.2) is 54.2 Å². The van der Waals surface area contributed by atoms with Crippen LogP contribution >= 0.6 is 0 Å². The number of hydrogen-bond acceptors (Lipinski definition) is 5. The molecule has 29 heavy (non-hydrogen) atoms. The van der Waals surface area contributed by atoms with Crippen molar-refractivity contribution in [2.24, 2.45) is 0 Å². The molecule has 1 saturated heterocycles. The molecule has 6 nitrogen and oxygen atoms in total. The number of ether oxygens (including phenoxy) is 2. The Hall–Kier alpha value is -2.31. The molecular weight excluding hydrogens is 366 g/mol. The average Bonchev–Trinajstić information content (AvgIpc) is 2.73. The topological polar surface area (TPSA) is 64.6 Å². The van der Waals surface area contributed by atoms with Gasteiger partial charge in [-0.05, 0) is 56.9 Å². The smallest absolute Gasteiger partial charge is 0.253 e. The number of aromatic nitrogens is 2. The Balaban J connectivity index is 1.64. The van der Waals surface area contributed by atoms with E-state index >= 15 is 0 Å². The van der Waals surface area contributed by atoms with Crippen LogP contribution in [0.25, 0.3) is 0 Å². The van der Waals surface area contributed by atoms with Gasteiger partial charge in [-0.1, -0.05) is 6.07 Å². The summed E-state index contributed by atoms with van der Waals surface area (Å²) in [5.74, 6) is 1.21. The molecule has 1 aromatic heterocycles. The molecule has 2 aromatic rings. The van der Waals surface area contributed by atoms with E-state index in [1.54, 1.807) is 7.11 Å². The van der Waals surface area contributed by atoms with Gasteiger partial charge in [0.05, 0.1) is 25.5 Å². The molecule has 1 fully saturated rings. The van der Waals surface area contributed by atoms with Crippen LogP contribution in [-0.2, 0) is 16.1 Å². The minimum atomic E-state index is 0.119. The summed E-state index contributed by atoms with van der Waals surface area (Å²) < 4.78 is 10.7. The quantitative estimate of drug-likeness (QED) is 0.668. The number of carbonyl (C=O) groups excluding carboxylic acids is 1. The number of likely N-dealkylation sites (tertiary alicyclic amines) is 1. The van der Waals surface area contributed by atoms with Gasteiger partial charge in [-0.3, -0.25) is 4.79 Å². The van der Waals surface area contributed by atoms with E-state index in [9.17, 15) is 4.79 Å². The maximum atomic E-state index is 12.9. The van der Waals surface area contributed by atoms with E-state index in [-0.39, 0.29) is 5.91 Å². The van der Waals surface area contributed by atoms with Crippen molar-refractivity contribution in [3.63, 3.8) is 0 Å². The molecule has 1 aromatic carbocycles. The molecule has 0 aliphatic carbocycles. The van der Waals surface area contributed by atoms with E-state index in [1.165, 1.54) is 5.56 Å². The van der Waals surface area contributed by atoms with E-state index in [0.717, 1.165) is 54.1 Å². The Morgan fingerprint density at radius 1 is 1.14 bits per heavy atom. The predicted octanol–water partition coefficient (Wildman–Crippen LogP) is 3.58. The first-order valence-corrected chi connectivity index (χ1v) is 10.2. The Bertz CT molecular complexity index is 845. The minimum absolute atomic E-state index is 0.119. The highest BCUT2D eigenvalue weighted by Crippen LogP contribution is 2.30. The van der Waals surface area contributed by atoms with Gasteiger partial charge < -0.3 is 14.4 Å². The highest BCUT2D eigenvalue weighted by Gasteiger charge is 2.27. The van der Waals surface area contributed by atoms with Crippen molar-refractivity contribution in [2.75, 3.05) is 33.4 Å². The van der Waals surface area contributed by atoms with Crippen LogP contribution in [0.1, 0.15) is 57.3 Å². The fourth-order valence-electron chi connectivity index (χ4n) is 3.71. The van der Waals surface area contributed by atoms with E-state index in [2.05, 4.69) is 11.9 Å². The number of carbonyl (C=O) groups is 1.